The first-order chi connectivity index (χ1) is 6.27. The molecule has 1 heterocycles. The third kappa shape index (κ3) is 1.88. The van der Waals surface area contributed by atoms with Gasteiger partial charge in [-0.1, -0.05) is 29.4 Å². The Morgan fingerprint density at radius 1 is 1.38 bits per heavy atom. The summed E-state index contributed by atoms with van der Waals surface area (Å²) in [6.45, 7) is 1.09. The Labute approximate surface area is 85.7 Å². The van der Waals surface area contributed by atoms with Crippen LogP contribution < -0.4 is 5.32 Å². The van der Waals surface area contributed by atoms with Gasteiger partial charge in [0, 0.05) is 16.5 Å². The van der Waals surface area contributed by atoms with E-state index in [0.29, 0.717) is 13.1 Å². The van der Waals surface area contributed by atoms with Gasteiger partial charge in [0.15, 0.2) is 0 Å². The molecule has 0 unspecified atom stereocenters. The molecule has 0 spiro atoms. The molecule has 0 saturated carbocycles. The van der Waals surface area contributed by atoms with Crippen molar-refractivity contribution in [2.24, 2.45) is 0 Å². The number of hydrogen-bond donors (Lipinski definition) is 1. The number of nitrogens with one attached hydrogen (secondary N) is 1. The molecule has 1 aliphatic heterocycles. The van der Waals surface area contributed by atoms with E-state index in [1.807, 2.05) is 18.2 Å². The number of thioether (sulfide) groups is 1. The fourth-order valence-corrected chi connectivity index (χ4v) is 2.42. The number of fused-ring (bicyclic) bond motifs is 1. The van der Waals surface area contributed by atoms with E-state index >= 15 is 0 Å². The number of halogens is 1. The number of hydrogen-bond acceptors (Lipinski definition) is 3. The fourth-order valence-electron chi connectivity index (χ4n) is 1.25. The van der Waals surface area contributed by atoms with Crippen molar-refractivity contribution in [3.8, 4) is 0 Å². The van der Waals surface area contributed by atoms with Gasteiger partial charge in [-0.15, -0.1) is 0 Å². The van der Waals surface area contributed by atoms with E-state index in [4.69, 9.17) is 11.6 Å². The summed E-state index contributed by atoms with van der Waals surface area (Å²) in [5.41, 5.74) is 1.03. The average molecular weight is 214 g/mol. The maximum atomic E-state index is 11.2. The lowest BCUT2D eigenvalue weighted by atomic mass is 10.2. The lowest BCUT2D eigenvalue weighted by molar-refractivity contribution is -0.110. The molecular formula is C9H8ClNOS. The summed E-state index contributed by atoms with van der Waals surface area (Å²) in [7, 11) is 0. The Hall–Kier alpha value is -0.510. The maximum absolute atomic E-state index is 11.2. The van der Waals surface area contributed by atoms with E-state index in [0.717, 1.165) is 15.5 Å². The van der Waals surface area contributed by atoms with Gasteiger partial charge in [-0.3, -0.25) is 4.79 Å². The van der Waals surface area contributed by atoms with E-state index in [-0.39, 0.29) is 5.12 Å². The second-order valence-electron chi connectivity index (χ2n) is 2.79. The summed E-state index contributed by atoms with van der Waals surface area (Å²) >= 11 is 7.26. The van der Waals surface area contributed by atoms with E-state index in [1.165, 1.54) is 11.8 Å². The van der Waals surface area contributed by atoms with Crippen LogP contribution in [0.4, 0.5) is 0 Å². The molecule has 0 saturated heterocycles. The van der Waals surface area contributed by atoms with E-state index in [9.17, 15) is 4.79 Å². The van der Waals surface area contributed by atoms with Crippen molar-refractivity contribution in [3.05, 3.63) is 28.8 Å². The van der Waals surface area contributed by atoms with Crippen LogP contribution in [-0.4, -0.2) is 11.7 Å². The van der Waals surface area contributed by atoms with Crippen molar-refractivity contribution >= 4 is 28.5 Å². The first-order valence-electron chi connectivity index (χ1n) is 3.96. The Balaban J connectivity index is 2.45. The SMILES string of the molecule is O=C1CNCc2c(Cl)cccc2S1. The third-order valence-corrected chi connectivity index (χ3v) is 3.20. The van der Waals surface area contributed by atoms with Crippen LogP contribution in [0, 0.1) is 0 Å². The molecule has 13 heavy (non-hydrogen) atoms. The Morgan fingerprint density at radius 2 is 2.23 bits per heavy atom. The highest BCUT2D eigenvalue weighted by Gasteiger charge is 2.15. The second kappa shape index (κ2) is 3.70. The summed E-state index contributed by atoms with van der Waals surface area (Å²) in [4.78, 5) is 12.2. The number of carbonyl (C=O) groups excluding carboxylic acids is 1. The van der Waals surface area contributed by atoms with Crippen LogP contribution in [0.15, 0.2) is 23.1 Å². The number of rotatable bonds is 0. The third-order valence-electron chi connectivity index (χ3n) is 1.87. The maximum Gasteiger partial charge on any atom is 0.207 e. The summed E-state index contributed by atoms with van der Waals surface area (Å²) in [5.74, 6) is 0. The molecule has 1 aliphatic rings. The van der Waals surface area contributed by atoms with Crippen LogP contribution >= 0.6 is 23.4 Å². The van der Waals surface area contributed by atoms with Crippen molar-refractivity contribution in [2.75, 3.05) is 6.54 Å². The number of benzene rings is 1. The van der Waals surface area contributed by atoms with Gasteiger partial charge < -0.3 is 5.32 Å². The zero-order chi connectivity index (χ0) is 9.26. The molecule has 0 atom stereocenters. The van der Waals surface area contributed by atoms with Gasteiger partial charge in [-0.05, 0) is 17.7 Å². The molecule has 0 aromatic heterocycles. The van der Waals surface area contributed by atoms with Crippen LogP contribution in [0.3, 0.4) is 0 Å². The molecule has 2 rings (SSSR count). The second-order valence-corrected chi connectivity index (χ2v) is 4.30. The van der Waals surface area contributed by atoms with Crippen LogP contribution in [0.25, 0.3) is 0 Å². The topological polar surface area (TPSA) is 29.1 Å². The van der Waals surface area contributed by atoms with Crippen molar-refractivity contribution in [3.63, 3.8) is 0 Å². The molecule has 0 aliphatic carbocycles. The molecule has 0 bridgehead atoms. The van der Waals surface area contributed by atoms with Gasteiger partial charge in [0.1, 0.15) is 0 Å². The minimum atomic E-state index is 0.140. The lowest BCUT2D eigenvalue weighted by Gasteiger charge is -2.04. The molecule has 68 valence electrons. The fraction of sp³-hybridized carbons (Fsp3) is 0.222. The minimum Gasteiger partial charge on any atom is -0.305 e. The minimum absolute atomic E-state index is 0.140. The molecule has 4 heteroatoms. The van der Waals surface area contributed by atoms with Gasteiger partial charge in [0.05, 0.1) is 6.54 Å². The van der Waals surface area contributed by atoms with Gasteiger partial charge in [0.25, 0.3) is 0 Å². The van der Waals surface area contributed by atoms with Gasteiger partial charge >= 0.3 is 0 Å². The Kier molecular flexibility index (Phi) is 2.58. The van der Waals surface area contributed by atoms with Crippen molar-refractivity contribution in [2.45, 2.75) is 11.4 Å². The first-order valence-corrected chi connectivity index (χ1v) is 5.15. The van der Waals surface area contributed by atoms with Crippen molar-refractivity contribution < 1.29 is 4.79 Å². The van der Waals surface area contributed by atoms with Crippen LogP contribution in [0.2, 0.25) is 5.02 Å². The van der Waals surface area contributed by atoms with Gasteiger partial charge in [-0.2, -0.15) is 0 Å². The Bertz CT molecular complexity index is 353. The summed E-state index contributed by atoms with van der Waals surface area (Å²) < 4.78 is 0. The molecule has 1 N–H and O–H groups in total. The van der Waals surface area contributed by atoms with Crippen LogP contribution in [-0.2, 0) is 11.3 Å². The quantitative estimate of drug-likeness (QED) is 0.716. The molecule has 0 amide bonds. The zero-order valence-corrected chi connectivity index (χ0v) is 8.41. The highest BCUT2D eigenvalue weighted by molar-refractivity contribution is 8.13. The van der Waals surface area contributed by atoms with Crippen molar-refractivity contribution in [1.82, 2.24) is 5.32 Å². The van der Waals surface area contributed by atoms with Crippen LogP contribution in [0.5, 0.6) is 0 Å². The molecule has 2 nitrogen and oxygen atoms in total. The molecule has 0 fully saturated rings. The van der Waals surface area contributed by atoms with E-state index in [2.05, 4.69) is 5.32 Å². The summed E-state index contributed by atoms with van der Waals surface area (Å²) in [5, 5.41) is 3.91. The highest BCUT2D eigenvalue weighted by Crippen LogP contribution is 2.30. The monoisotopic (exact) mass is 213 g/mol. The lowest BCUT2D eigenvalue weighted by Crippen LogP contribution is -2.17. The summed E-state index contributed by atoms with van der Waals surface area (Å²) in [6.07, 6.45) is 0. The predicted octanol–water partition coefficient (Wildman–Crippen LogP) is 2.06. The normalized spacial score (nSPS) is 16.5. The van der Waals surface area contributed by atoms with E-state index < -0.39 is 0 Å². The Morgan fingerprint density at radius 3 is 3.08 bits per heavy atom. The van der Waals surface area contributed by atoms with Crippen molar-refractivity contribution in [1.29, 1.82) is 0 Å². The molecule has 1 aromatic carbocycles. The first kappa shape index (κ1) is 9.06. The zero-order valence-electron chi connectivity index (χ0n) is 6.84. The standard InChI is InChI=1S/C9H8ClNOS/c10-7-2-1-3-8-6(7)4-11-5-9(12)13-8/h1-3,11H,4-5H2. The predicted molar refractivity (Wildman–Crippen MR) is 54.0 cm³/mol. The van der Waals surface area contributed by atoms with Gasteiger partial charge in [0.2, 0.25) is 5.12 Å². The van der Waals surface area contributed by atoms with E-state index in [1.54, 1.807) is 0 Å². The molecule has 1 aromatic rings. The van der Waals surface area contributed by atoms with Crippen LogP contribution in [0.1, 0.15) is 5.56 Å². The number of carbonyl (C=O) groups is 1. The molecule has 0 radical (unpaired) electrons. The molecular weight excluding hydrogens is 206 g/mol. The summed E-state index contributed by atoms with van der Waals surface area (Å²) in [6, 6.07) is 5.64. The van der Waals surface area contributed by atoms with Gasteiger partial charge in [-0.25, -0.2) is 0 Å². The highest BCUT2D eigenvalue weighted by atomic mass is 35.5. The largest absolute Gasteiger partial charge is 0.305 e. The smallest absolute Gasteiger partial charge is 0.207 e. The average Bonchev–Trinajstić information content (AvgIpc) is 2.27.